The third-order valence-corrected chi connectivity index (χ3v) is 4.07. The maximum Gasteiger partial charge on any atom is 0.257 e. The Morgan fingerprint density at radius 2 is 1.87 bits per heavy atom. The second-order valence-electron chi connectivity index (χ2n) is 6.82. The molecule has 0 aliphatic carbocycles. The highest BCUT2D eigenvalue weighted by molar-refractivity contribution is 5.96. The molecule has 1 amide bonds. The number of nitrogens with zero attached hydrogens (tertiary/aromatic N) is 3. The van der Waals surface area contributed by atoms with E-state index in [0.717, 1.165) is 17.1 Å². The Bertz CT molecular complexity index is 689. The average Bonchev–Trinajstić information content (AvgIpc) is 2.82. The van der Waals surface area contributed by atoms with Gasteiger partial charge >= 0.3 is 0 Å². The molecule has 5 nitrogen and oxygen atoms in total. The highest BCUT2D eigenvalue weighted by Gasteiger charge is 2.26. The quantitative estimate of drug-likeness (QED) is 0.922. The van der Waals surface area contributed by atoms with Crippen molar-refractivity contribution < 1.29 is 4.79 Å². The minimum absolute atomic E-state index is 0.0105. The SMILES string of the molecule is Cc1nn(-c2ccccc2)c(C)c1C(=O)N(C)CC(C)(C)CN. The van der Waals surface area contributed by atoms with Crippen LogP contribution in [0, 0.1) is 19.3 Å². The molecule has 2 rings (SSSR count). The molecule has 0 aliphatic rings. The van der Waals surface area contributed by atoms with Gasteiger partial charge in [0.15, 0.2) is 0 Å². The van der Waals surface area contributed by atoms with Crippen molar-refractivity contribution in [2.45, 2.75) is 27.7 Å². The number of benzene rings is 1. The first-order valence-electron chi connectivity index (χ1n) is 7.84. The lowest BCUT2D eigenvalue weighted by molar-refractivity contribution is 0.0739. The molecule has 0 spiro atoms. The van der Waals surface area contributed by atoms with Crippen molar-refractivity contribution in [3.05, 3.63) is 47.3 Å². The summed E-state index contributed by atoms with van der Waals surface area (Å²) < 4.78 is 1.82. The average molecular weight is 314 g/mol. The fraction of sp³-hybridized carbons (Fsp3) is 0.444. The lowest BCUT2D eigenvalue weighted by atomic mass is 9.93. The number of aryl methyl sites for hydroxylation is 1. The van der Waals surface area contributed by atoms with E-state index in [4.69, 9.17) is 5.73 Å². The van der Waals surface area contributed by atoms with Crippen molar-refractivity contribution in [1.82, 2.24) is 14.7 Å². The lowest BCUT2D eigenvalue weighted by Gasteiger charge is -2.29. The molecule has 1 aromatic carbocycles. The van der Waals surface area contributed by atoms with E-state index in [1.807, 2.05) is 55.9 Å². The molecule has 0 fully saturated rings. The topological polar surface area (TPSA) is 64.2 Å². The van der Waals surface area contributed by atoms with Crippen molar-refractivity contribution in [2.75, 3.05) is 20.1 Å². The second kappa shape index (κ2) is 6.54. The van der Waals surface area contributed by atoms with Crippen LogP contribution in [0.15, 0.2) is 30.3 Å². The summed E-state index contributed by atoms with van der Waals surface area (Å²) in [6.45, 7) is 9.07. The first-order valence-corrected chi connectivity index (χ1v) is 7.84. The number of carbonyl (C=O) groups excluding carboxylic acids is 1. The predicted molar refractivity (Wildman–Crippen MR) is 92.8 cm³/mol. The van der Waals surface area contributed by atoms with Gasteiger partial charge in [0.25, 0.3) is 5.91 Å². The highest BCUT2D eigenvalue weighted by Crippen LogP contribution is 2.21. The first-order chi connectivity index (χ1) is 10.8. The van der Waals surface area contributed by atoms with Crippen LogP contribution in [0.2, 0.25) is 0 Å². The first kappa shape index (κ1) is 17.2. The Labute approximate surface area is 138 Å². The number of carbonyl (C=O) groups is 1. The fourth-order valence-electron chi connectivity index (χ4n) is 2.74. The molecule has 124 valence electrons. The molecule has 0 saturated heterocycles. The third-order valence-electron chi connectivity index (χ3n) is 4.07. The van der Waals surface area contributed by atoms with E-state index < -0.39 is 0 Å². The molecule has 0 unspecified atom stereocenters. The smallest absolute Gasteiger partial charge is 0.257 e. The molecule has 1 aromatic heterocycles. The van der Waals surface area contributed by atoms with Gasteiger partial charge in [-0.05, 0) is 37.9 Å². The Balaban J connectivity index is 2.34. The zero-order valence-electron chi connectivity index (χ0n) is 14.6. The van der Waals surface area contributed by atoms with E-state index in [-0.39, 0.29) is 11.3 Å². The van der Waals surface area contributed by atoms with Crippen LogP contribution in [0.1, 0.15) is 35.6 Å². The van der Waals surface area contributed by atoms with Gasteiger partial charge in [-0.2, -0.15) is 5.10 Å². The molecule has 1 heterocycles. The van der Waals surface area contributed by atoms with Gasteiger partial charge in [-0.15, -0.1) is 0 Å². The van der Waals surface area contributed by atoms with Gasteiger partial charge in [-0.3, -0.25) is 4.79 Å². The van der Waals surface area contributed by atoms with E-state index in [2.05, 4.69) is 18.9 Å². The van der Waals surface area contributed by atoms with Crippen molar-refractivity contribution in [3.8, 4) is 5.69 Å². The summed E-state index contributed by atoms with van der Waals surface area (Å²) in [5.41, 5.74) is 8.90. The van der Waals surface area contributed by atoms with E-state index >= 15 is 0 Å². The van der Waals surface area contributed by atoms with Crippen molar-refractivity contribution in [2.24, 2.45) is 11.1 Å². The summed E-state index contributed by atoms with van der Waals surface area (Å²) in [6.07, 6.45) is 0. The number of rotatable bonds is 5. The van der Waals surface area contributed by atoms with Crippen LogP contribution in [0.5, 0.6) is 0 Å². The fourth-order valence-corrected chi connectivity index (χ4v) is 2.74. The van der Waals surface area contributed by atoms with Crippen LogP contribution in [-0.2, 0) is 0 Å². The van der Waals surface area contributed by atoms with Crippen LogP contribution >= 0.6 is 0 Å². The molecule has 23 heavy (non-hydrogen) atoms. The van der Waals surface area contributed by atoms with Crippen LogP contribution in [0.4, 0.5) is 0 Å². The molecular formula is C18H26N4O. The van der Waals surface area contributed by atoms with Gasteiger partial charge in [0.2, 0.25) is 0 Å². The molecule has 0 saturated carbocycles. The minimum atomic E-state index is -0.109. The van der Waals surface area contributed by atoms with E-state index in [9.17, 15) is 4.79 Å². The summed E-state index contributed by atoms with van der Waals surface area (Å²) in [5.74, 6) is -0.0105. The number of amides is 1. The van der Waals surface area contributed by atoms with Gasteiger partial charge in [-0.25, -0.2) is 4.68 Å². The molecule has 0 radical (unpaired) electrons. The van der Waals surface area contributed by atoms with E-state index in [1.54, 1.807) is 4.90 Å². The predicted octanol–water partition coefficient (Wildman–Crippen LogP) is 2.55. The van der Waals surface area contributed by atoms with Gasteiger partial charge in [0.1, 0.15) is 0 Å². The molecular weight excluding hydrogens is 288 g/mol. The second-order valence-corrected chi connectivity index (χ2v) is 6.82. The summed E-state index contributed by atoms with van der Waals surface area (Å²) >= 11 is 0. The number of hydrogen-bond acceptors (Lipinski definition) is 3. The summed E-state index contributed by atoms with van der Waals surface area (Å²) in [7, 11) is 1.82. The van der Waals surface area contributed by atoms with Crippen molar-refractivity contribution in [1.29, 1.82) is 0 Å². The summed E-state index contributed by atoms with van der Waals surface area (Å²) in [4.78, 5) is 14.6. The Morgan fingerprint density at radius 1 is 1.26 bits per heavy atom. The molecule has 2 aromatic rings. The van der Waals surface area contributed by atoms with E-state index in [0.29, 0.717) is 18.7 Å². The van der Waals surface area contributed by atoms with Crippen molar-refractivity contribution in [3.63, 3.8) is 0 Å². The number of aromatic nitrogens is 2. The van der Waals surface area contributed by atoms with Gasteiger partial charge in [-0.1, -0.05) is 32.0 Å². The largest absolute Gasteiger partial charge is 0.341 e. The number of hydrogen-bond donors (Lipinski definition) is 1. The third kappa shape index (κ3) is 3.62. The van der Waals surface area contributed by atoms with Crippen LogP contribution in [0.3, 0.4) is 0 Å². The van der Waals surface area contributed by atoms with Crippen LogP contribution in [-0.4, -0.2) is 40.7 Å². The molecule has 0 aliphatic heterocycles. The lowest BCUT2D eigenvalue weighted by Crippen LogP contribution is -2.40. The molecule has 5 heteroatoms. The maximum atomic E-state index is 12.9. The standard InChI is InChI=1S/C18H26N4O/c1-13-16(17(23)21(5)12-18(3,4)11-19)14(2)22(20-13)15-9-7-6-8-10-15/h6-10H,11-12,19H2,1-5H3. The molecule has 0 bridgehead atoms. The normalized spacial score (nSPS) is 11.6. The van der Waals surface area contributed by atoms with Gasteiger partial charge in [0.05, 0.1) is 22.6 Å². The zero-order chi connectivity index (χ0) is 17.2. The molecule has 0 atom stereocenters. The van der Waals surface area contributed by atoms with Gasteiger partial charge in [0, 0.05) is 13.6 Å². The Kier molecular flexibility index (Phi) is 4.90. The van der Waals surface area contributed by atoms with Crippen LogP contribution in [0.25, 0.3) is 5.69 Å². The summed E-state index contributed by atoms with van der Waals surface area (Å²) in [5, 5.41) is 4.55. The van der Waals surface area contributed by atoms with Crippen LogP contribution < -0.4 is 5.73 Å². The van der Waals surface area contributed by atoms with E-state index in [1.165, 1.54) is 0 Å². The zero-order valence-corrected chi connectivity index (χ0v) is 14.6. The minimum Gasteiger partial charge on any atom is -0.341 e. The maximum absolute atomic E-state index is 12.9. The van der Waals surface area contributed by atoms with Crippen molar-refractivity contribution >= 4 is 5.91 Å². The monoisotopic (exact) mass is 314 g/mol. The Morgan fingerprint density at radius 3 is 2.43 bits per heavy atom. The Hall–Kier alpha value is -2.14. The highest BCUT2D eigenvalue weighted by atomic mass is 16.2. The summed E-state index contributed by atoms with van der Waals surface area (Å²) in [6, 6.07) is 9.85. The number of para-hydroxylation sites is 1. The van der Waals surface area contributed by atoms with Gasteiger partial charge < -0.3 is 10.6 Å². The number of nitrogens with two attached hydrogens (primary N) is 1. The molecule has 2 N–H and O–H groups in total.